The van der Waals surface area contributed by atoms with E-state index in [1.165, 1.54) is 12.7 Å². The minimum absolute atomic E-state index is 0.146. The Balaban J connectivity index is 2.24. The maximum absolute atomic E-state index is 12.8. The number of hydrogen-bond acceptors (Lipinski definition) is 5. The second kappa shape index (κ2) is 9.22. The van der Waals surface area contributed by atoms with E-state index in [1.807, 2.05) is 39.0 Å². The van der Waals surface area contributed by atoms with Gasteiger partial charge in [0.25, 0.3) is 0 Å². The quantitative estimate of drug-likeness (QED) is 0.754. The van der Waals surface area contributed by atoms with Crippen LogP contribution in [0.15, 0.2) is 30.3 Å². The summed E-state index contributed by atoms with van der Waals surface area (Å²) in [6, 6.07) is 9.77. The van der Waals surface area contributed by atoms with Crippen molar-refractivity contribution in [2.45, 2.75) is 64.8 Å². The fourth-order valence-corrected chi connectivity index (χ4v) is 3.41. The smallest absolute Gasteiger partial charge is 0.411 e. The van der Waals surface area contributed by atoms with Crippen molar-refractivity contribution in [3.8, 4) is 0 Å². The maximum Gasteiger partial charge on any atom is 0.411 e. The molecule has 150 valence electrons. The van der Waals surface area contributed by atoms with Crippen molar-refractivity contribution in [2.75, 3.05) is 20.2 Å². The van der Waals surface area contributed by atoms with Crippen LogP contribution < -0.4 is 0 Å². The van der Waals surface area contributed by atoms with Crippen molar-refractivity contribution >= 4 is 12.1 Å². The number of esters is 1. The van der Waals surface area contributed by atoms with Crippen LogP contribution >= 0.6 is 0 Å². The molecule has 1 saturated heterocycles. The molecule has 0 aliphatic carbocycles. The highest BCUT2D eigenvalue weighted by Gasteiger charge is 2.38. The van der Waals surface area contributed by atoms with Gasteiger partial charge in [0.05, 0.1) is 7.11 Å². The summed E-state index contributed by atoms with van der Waals surface area (Å²) >= 11 is 0. The van der Waals surface area contributed by atoms with Gasteiger partial charge in [0.2, 0.25) is 0 Å². The lowest BCUT2D eigenvalue weighted by Gasteiger charge is -2.33. The van der Waals surface area contributed by atoms with Crippen LogP contribution in [0.2, 0.25) is 0 Å². The topological polar surface area (TPSA) is 59.1 Å². The standard InChI is InChI=1S/C21H32N2O4/c1-6-17-15-23(20(25)27-21(2,3)4)18(19(24)26-5)12-13-22(17)14-16-10-8-7-9-11-16/h7-11,17-18H,6,12-15H2,1-5H3/t17-,18+/m1/s1. The first-order valence-electron chi connectivity index (χ1n) is 9.60. The summed E-state index contributed by atoms with van der Waals surface area (Å²) in [6.45, 7) is 9.53. The predicted octanol–water partition coefficient (Wildman–Crippen LogP) is 3.45. The first kappa shape index (κ1) is 21.2. The van der Waals surface area contributed by atoms with Crippen molar-refractivity contribution < 1.29 is 19.1 Å². The van der Waals surface area contributed by atoms with Crippen LogP contribution in [0.1, 0.15) is 46.1 Å². The van der Waals surface area contributed by atoms with E-state index in [1.54, 1.807) is 4.90 Å². The summed E-state index contributed by atoms with van der Waals surface area (Å²) in [4.78, 5) is 29.1. The Morgan fingerprint density at radius 2 is 1.85 bits per heavy atom. The van der Waals surface area contributed by atoms with Gasteiger partial charge in [0.1, 0.15) is 11.6 Å². The molecule has 6 nitrogen and oxygen atoms in total. The van der Waals surface area contributed by atoms with Crippen LogP contribution in [-0.2, 0) is 20.8 Å². The van der Waals surface area contributed by atoms with E-state index < -0.39 is 23.7 Å². The molecule has 1 aromatic rings. The molecule has 1 heterocycles. The molecular weight excluding hydrogens is 344 g/mol. The van der Waals surface area contributed by atoms with E-state index >= 15 is 0 Å². The van der Waals surface area contributed by atoms with Crippen molar-refractivity contribution in [3.63, 3.8) is 0 Å². The second-order valence-corrected chi connectivity index (χ2v) is 7.98. The van der Waals surface area contributed by atoms with Crippen molar-refractivity contribution in [3.05, 3.63) is 35.9 Å². The predicted molar refractivity (Wildman–Crippen MR) is 104 cm³/mol. The third kappa shape index (κ3) is 5.96. The van der Waals surface area contributed by atoms with E-state index in [9.17, 15) is 9.59 Å². The van der Waals surface area contributed by atoms with Gasteiger partial charge < -0.3 is 9.47 Å². The zero-order valence-corrected chi connectivity index (χ0v) is 17.1. The number of carbonyl (C=O) groups is 2. The molecule has 0 saturated carbocycles. The highest BCUT2D eigenvalue weighted by atomic mass is 16.6. The molecule has 1 aliphatic rings. The number of rotatable bonds is 4. The number of methoxy groups -OCH3 is 1. The number of hydrogen-bond donors (Lipinski definition) is 0. The summed E-state index contributed by atoms with van der Waals surface area (Å²) < 4.78 is 10.5. The number of benzene rings is 1. The van der Waals surface area contributed by atoms with Crippen molar-refractivity contribution in [1.82, 2.24) is 9.80 Å². The van der Waals surface area contributed by atoms with Gasteiger partial charge in [0, 0.05) is 25.7 Å². The number of ether oxygens (including phenoxy) is 2. The van der Waals surface area contributed by atoms with E-state index in [-0.39, 0.29) is 6.04 Å². The summed E-state index contributed by atoms with van der Waals surface area (Å²) in [5.74, 6) is -0.391. The zero-order valence-electron chi connectivity index (χ0n) is 17.1. The molecule has 6 heteroatoms. The lowest BCUT2D eigenvalue weighted by molar-refractivity contribution is -0.146. The first-order chi connectivity index (χ1) is 12.7. The average Bonchev–Trinajstić information content (AvgIpc) is 2.80. The molecule has 0 aromatic heterocycles. The molecule has 27 heavy (non-hydrogen) atoms. The third-order valence-electron chi connectivity index (χ3n) is 4.79. The minimum Gasteiger partial charge on any atom is -0.467 e. The summed E-state index contributed by atoms with van der Waals surface area (Å²) in [6.07, 6.45) is 0.938. The molecule has 0 radical (unpaired) electrons. The SMILES string of the molecule is CC[C@@H]1CN(C(=O)OC(C)(C)C)[C@H](C(=O)OC)CCN1Cc1ccccc1. The number of amides is 1. The Kier molecular flexibility index (Phi) is 7.25. The highest BCUT2D eigenvalue weighted by molar-refractivity contribution is 5.81. The zero-order chi connectivity index (χ0) is 20.0. The normalized spacial score (nSPS) is 21.4. The Morgan fingerprint density at radius 3 is 2.41 bits per heavy atom. The van der Waals surface area contributed by atoms with E-state index in [0.29, 0.717) is 19.5 Å². The van der Waals surface area contributed by atoms with Crippen LogP contribution in [0, 0.1) is 0 Å². The monoisotopic (exact) mass is 376 g/mol. The molecule has 0 unspecified atom stereocenters. The van der Waals surface area contributed by atoms with Crippen molar-refractivity contribution in [1.29, 1.82) is 0 Å². The van der Waals surface area contributed by atoms with Gasteiger partial charge in [-0.15, -0.1) is 0 Å². The molecule has 1 amide bonds. The Bertz CT molecular complexity index is 627. The van der Waals surface area contributed by atoms with Crippen LogP contribution in [0.4, 0.5) is 4.79 Å². The van der Waals surface area contributed by atoms with Crippen LogP contribution in [0.3, 0.4) is 0 Å². The van der Waals surface area contributed by atoms with Gasteiger partial charge in [-0.05, 0) is 39.2 Å². The second-order valence-electron chi connectivity index (χ2n) is 7.98. The van der Waals surface area contributed by atoms with Gasteiger partial charge in [-0.25, -0.2) is 9.59 Å². The van der Waals surface area contributed by atoms with Crippen LogP contribution in [0.5, 0.6) is 0 Å². The third-order valence-corrected chi connectivity index (χ3v) is 4.79. The molecule has 1 fully saturated rings. The largest absolute Gasteiger partial charge is 0.467 e. The molecular formula is C21H32N2O4. The highest BCUT2D eigenvalue weighted by Crippen LogP contribution is 2.23. The van der Waals surface area contributed by atoms with Gasteiger partial charge in [-0.2, -0.15) is 0 Å². The molecule has 1 aromatic carbocycles. The fourth-order valence-electron chi connectivity index (χ4n) is 3.41. The lowest BCUT2D eigenvalue weighted by Crippen LogP contribution is -2.50. The van der Waals surface area contributed by atoms with Crippen LogP contribution in [0.25, 0.3) is 0 Å². The average molecular weight is 376 g/mol. The summed E-state index contributed by atoms with van der Waals surface area (Å²) in [5.41, 5.74) is 0.603. The molecule has 1 aliphatic heterocycles. The molecule has 0 spiro atoms. The molecule has 2 rings (SSSR count). The summed E-state index contributed by atoms with van der Waals surface area (Å²) in [5, 5.41) is 0. The Labute approximate surface area is 162 Å². The van der Waals surface area contributed by atoms with Crippen LogP contribution in [-0.4, -0.2) is 59.7 Å². The molecule has 0 bridgehead atoms. The molecule has 2 atom stereocenters. The molecule has 0 N–H and O–H groups in total. The number of carbonyl (C=O) groups excluding carboxylic acids is 2. The lowest BCUT2D eigenvalue weighted by atomic mass is 10.1. The van der Waals surface area contributed by atoms with Gasteiger partial charge >= 0.3 is 12.1 Å². The Hall–Kier alpha value is -2.08. The Morgan fingerprint density at radius 1 is 1.19 bits per heavy atom. The van der Waals surface area contributed by atoms with Crippen molar-refractivity contribution in [2.24, 2.45) is 0 Å². The maximum atomic E-state index is 12.8. The van der Waals surface area contributed by atoms with E-state index in [0.717, 1.165) is 13.0 Å². The fraction of sp³-hybridized carbons (Fsp3) is 0.619. The van der Waals surface area contributed by atoms with Gasteiger partial charge in [-0.1, -0.05) is 37.3 Å². The van der Waals surface area contributed by atoms with E-state index in [4.69, 9.17) is 9.47 Å². The van der Waals surface area contributed by atoms with Gasteiger partial charge in [-0.3, -0.25) is 9.80 Å². The summed E-state index contributed by atoms with van der Waals surface area (Å²) in [7, 11) is 1.36. The van der Waals surface area contributed by atoms with E-state index in [2.05, 4.69) is 24.0 Å². The number of nitrogens with zero attached hydrogens (tertiary/aromatic N) is 2. The minimum atomic E-state index is -0.625. The first-order valence-corrected chi connectivity index (χ1v) is 9.60. The van der Waals surface area contributed by atoms with Gasteiger partial charge in [0.15, 0.2) is 0 Å².